The SMILES string of the molecule is COCOC1CC2CCC3C4CCC(=CC#N)C4(C)CCC3C2(C)CC1OC(C)=O. The van der Waals surface area contributed by atoms with Crippen molar-refractivity contribution in [3.05, 3.63) is 11.6 Å². The third-order valence-electron chi connectivity index (χ3n) is 9.44. The molecule has 0 heterocycles. The zero-order chi connectivity index (χ0) is 21.5. The molecule has 0 aromatic heterocycles. The Morgan fingerprint density at radius 1 is 1.20 bits per heavy atom. The molecule has 4 rings (SSSR count). The van der Waals surface area contributed by atoms with Gasteiger partial charge in [0.2, 0.25) is 0 Å². The molecule has 0 radical (unpaired) electrons. The lowest BCUT2D eigenvalue weighted by Gasteiger charge is -2.61. The topological polar surface area (TPSA) is 68.6 Å². The van der Waals surface area contributed by atoms with Crippen LogP contribution in [0.5, 0.6) is 0 Å². The van der Waals surface area contributed by atoms with Crippen LogP contribution in [0.4, 0.5) is 0 Å². The number of allylic oxidation sites excluding steroid dienone is 2. The van der Waals surface area contributed by atoms with Crippen LogP contribution in [0.25, 0.3) is 0 Å². The first-order chi connectivity index (χ1) is 14.3. The number of nitrogens with zero attached hydrogens (tertiary/aromatic N) is 1. The van der Waals surface area contributed by atoms with Crippen LogP contribution in [-0.2, 0) is 19.0 Å². The first-order valence-electron chi connectivity index (χ1n) is 11.7. The minimum absolute atomic E-state index is 0.0750. The van der Waals surface area contributed by atoms with Crippen molar-refractivity contribution in [2.45, 2.75) is 84.3 Å². The van der Waals surface area contributed by atoms with E-state index in [2.05, 4.69) is 19.9 Å². The van der Waals surface area contributed by atoms with Crippen LogP contribution >= 0.6 is 0 Å². The lowest BCUT2D eigenvalue weighted by molar-refractivity contribution is -0.202. The van der Waals surface area contributed by atoms with Crippen molar-refractivity contribution in [3.8, 4) is 6.07 Å². The molecule has 4 fully saturated rings. The van der Waals surface area contributed by atoms with Crippen molar-refractivity contribution in [3.63, 3.8) is 0 Å². The van der Waals surface area contributed by atoms with E-state index in [1.54, 1.807) is 7.11 Å². The van der Waals surface area contributed by atoms with E-state index in [-0.39, 0.29) is 35.8 Å². The standard InChI is InChI=1S/C25H37NO4/c1-16(27)30-23-14-25(3)18(13-22(23)29-15-28-4)5-7-19-20-8-6-17(10-12-26)24(20,2)11-9-21(19)25/h10,18-23H,5-9,11,13-15H2,1-4H3. The summed E-state index contributed by atoms with van der Waals surface area (Å²) >= 11 is 0. The highest BCUT2D eigenvalue weighted by molar-refractivity contribution is 5.66. The molecule has 0 bridgehead atoms. The molecule has 0 aromatic rings. The van der Waals surface area contributed by atoms with Gasteiger partial charge in [0, 0.05) is 20.1 Å². The number of methoxy groups -OCH3 is 1. The van der Waals surface area contributed by atoms with E-state index in [4.69, 9.17) is 14.2 Å². The summed E-state index contributed by atoms with van der Waals surface area (Å²) in [5.41, 5.74) is 1.77. The van der Waals surface area contributed by atoms with E-state index >= 15 is 0 Å². The predicted octanol–water partition coefficient (Wildman–Crippen LogP) is 5.01. The minimum atomic E-state index is -0.223. The third-order valence-corrected chi connectivity index (χ3v) is 9.44. The van der Waals surface area contributed by atoms with Crippen LogP contribution in [0.15, 0.2) is 11.6 Å². The molecule has 166 valence electrons. The summed E-state index contributed by atoms with van der Waals surface area (Å²) in [6, 6.07) is 2.30. The second-order valence-electron chi connectivity index (χ2n) is 10.6. The average molecular weight is 416 g/mol. The van der Waals surface area contributed by atoms with Gasteiger partial charge in [-0.1, -0.05) is 19.4 Å². The van der Waals surface area contributed by atoms with Crippen molar-refractivity contribution in [1.29, 1.82) is 5.26 Å². The quantitative estimate of drug-likeness (QED) is 0.367. The second kappa shape index (κ2) is 8.28. The van der Waals surface area contributed by atoms with Crippen LogP contribution < -0.4 is 0 Å². The number of carbonyl (C=O) groups excluding carboxylic acids is 1. The molecule has 0 aliphatic heterocycles. The zero-order valence-corrected chi connectivity index (χ0v) is 19.0. The maximum absolute atomic E-state index is 11.8. The summed E-state index contributed by atoms with van der Waals surface area (Å²) in [5, 5.41) is 9.26. The molecule has 4 aliphatic carbocycles. The fourth-order valence-corrected chi connectivity index (χ4v) is 8.06. The smallest absolute Gasteiger partial charge is 0.302 e. The Labute approximate surface area is 181 Å². The number of rotatable bonds is 4. The van der Waals surface area contributed by atoms with E-state index in [0.717, 1.165) is 19.3 Å². The molecule has 8 atom stereocenters. The molecule has 5 heteroatoms. The van der Waals surface area contributed by atoms with Gasteiger partial charge in [-0.25, -0.2) is 0 Å². The molecule has 4 saturated carbocycles. The van der Waals surface area contributed by atoms with Crippen LogP contribution in [0, 0.1) is 45.8 Å². The largest absolute Gasteiger partial charge is 0.460 e. The number of hydrogen-bond acceptors (Lipinski definition) is 5. The molecule has 30 heavy (non-hydrogen) atoms. The molecule has 0 saturated heterocycles. The number of ether oxygens (including phenoxy) is 3. The maximum Gasteiger partial charge on any atom is 0.302 e. The highest BCUT2D eigenvalue weighted by Crippen LogP contribution is 2.67. The first kappa shape index (κ1) is 21.8. The van der Waals surface area contributed by atoms with Gasteiger partial charge >= 0.3 is 5.97 Å². The summed E-state index contributed by atoms with van der Waals surface area (Å²) < 4.78 is 16.9. The van der Waals surface area contributed by atoms with Gasteiger partial charge in [-0.2, -0.15) is 5.26 Å². The van der Waals surface area contributed by atoms with Crippen molar-refractivity contribution < 1.29 is 19.0 Å². The first-order valence-corrected chi connectivity index (χ1v) is 11.7. The number of nitriles is 1. The second-order valence-corrected chi connectivity index (χ2v) is 10.6. The molecule has 4 aliphatic rings. The Bertz CT molecular complexity index is 742. The van der Waals surface area contributed by atoms with Crippen LogP contribution in [0.1, 0.15) is 72.1 Å². The molecular weight excluding hydrogens is 378 g/mol. The predicted molar refractivity (Wildman–Crippen MR) is 113 cm³/mol. The van der Waals surface area contributed by atoms with E-state index in [0.29, 0.717) is 23.7 Å². The number of esters is 1. The summed E-state index contributed by atoms with van der Waals surface area (Å²) in [6.07, 6.45) is 10.6. The van der Waals surface area contributed by atoms with Gasteiger partial charge in [-0.3, -0.25) is 4.79 Å². The monoisotopic (exact) mass is 415 g/mol. The molecule has 5 nitrogen and oxygen atoms in total. The van der Waals surface area contributed by atoms with Crippen LogP contribution in [-0.4, -0.2) is 32.1 Å². The maximum atomic E-state index is 11.8. The van der Waals surface area contributed by atoms with Crippen molar-refractivity contribution >= 4 is 5.97 Å². The number of fused-ring (bicyclic) bond motifs is 5. The van der Waals surface area contributed by atoms with Crippen molar-refractivity contribution in [2.75, 3.05) is 13.9 Å². The Hall–Kier alpha value is -1.38. The molecule has 0 aromatic carbocycles. The summed E-state index contributed by atoms with van der Waals surface area (Å²) in [4.78, 5) is 11.8. The fourth-order valence-electron chi connectivity index (χ4n) is 8.06. The van der Waals surface area contributed by atoms with Gasteiger partial charge in [-0.05, 0) is 85.9 Å². The van der Waals surface area contributed by atoms with E-state index in [1.807, 2.05) is 6.08 Å². The fraction of sp³-hybridized carbons (Fsp3) is 0.840. The number of hydrogen-bond donors (Lipinski definition) is 0. The number of carbonyl (C=O) groups is 1. The van der Waals surface area contributed by atoms with Gasteiger partial charge < -0.3 is 14.2 Å². The van der Waals surface area contributed by atoms with E-state index < -0.39 is 0 Å². The minimum Gasteiger partial charge on any atom is -0.460 e. The Kier molecular flexibility index (Phi) is 6.03. The summed E-state index contributed by atoms with van der Waals surface area (Å²) in [7, 11) is 1.63. The van der Waals surface area contributed by atoms with Gasteiger partial charge in [0.1, 0.15) is 12.9 Å². The van der Waals surface area contributed by atoms with Crippen LogP contribution in [0.3, 0.4) is 0 Å². The molecule has 0 amide bonds. The highest BCUT2D eigenvalue weighted by Gasteiger charge is 2.60. The van der Waals surface area contributed by atoms with Gasteiger partial charge in [0.05, 0.1) is 12.2 Å². The Morgan fingerprint density at radius 3 is 2.70 bits per heavy atom. The van der Waals surface area contributed by atoms with Crippen molar-refractivity contribution in [2.24, 2.45) is 34.5 Å². The van der Waals surface area contributed by atoms with E-state index in [1.165, 1.54) is 44.6 Å². The summed E-state index contributed by atoms with van der Waals surface area (Å²) in [6.45, 7) is 6.61. The Balaban J connectivity index is 1.58. The third kappa shape index (κ3) is 3.50. The van der Waals surface area contributed by atoms with Gasteiger partial charge in [0.25, 0.3) is 0 Å². The molecule has 8 unspecified atom stereocenters. The van der Waals surface area contributed by atoms with Gasteiger partial charge in [0.15, 0.2) is 0 Å². The lowest BCUT2D eigenvalue weighted by Crippen LogP contribution is -2.57. The zero-order valence-electron chi connectivity index (χ0n) is 19.0. The van der Waals surface area contributed by atoms with Gasteiger partial charge in [-0.15, -0.1) is 0 Å². The normalized spacial score (nSPS) is 46.4. The molecule has 0 N–H and O–H groups in total. The summed E-state index contributed by atoms with van der Waals surface area (Å²) in [5.74, 6) is 2.44. The lowest BCUT2D eigenvalue weighted by atomic mass is 9.44. The highest BCUT2D eigenvalue weighted by atomic mass is 16.7. The Morgan fingerprint density at radius 2 is 2.00 bits per heavy atom. The molecule has 0 spiro atoms. The van der Waals surface area contributed by atoms with E-state index in [9.17, 15) is 10.1 Å². The molecular formula is C25H37NO4. The average Bonchev–Trinajstić information content (AvgIpc) is 3.02. The van der Waals surface area contributed by atoms with Crippen molar-refractivity contribution in [1.82, 2.24) is 0 Å². The van der Waals surface area contributed by atoms with Crippen LogP contribution in [0.2, 0.25) is 0 Å².